The second-order valence-corrected chi connectivity index (χ2v) is 10.3. The number of carbonyl (C=O) groups is 1. The van der Waals surface area contributed by atoms with E-state index >= 15 is 0 Å². The molecule has 11 heteroatoms. The number of allylic oxidation sites excluding steroid dienone is 1. The van der Waals surface area contributed by atoms with Crippen LogP contribution in [0.1, 0.15) is 79.8 Å². The summed E-state index contributed by atoms with van der Waals surface area (Å²) in [6, 6.07) is 20.0. The Morgan fingerprint density at radius 2 is 1.24 bits per heavy atom. The lowest BCUT2D eigenvalue weighted by Gasteiger charge is -2.08. The zero-order valence-corrected chi connectivity index (χ0v) is 25.3. The highest BCUT2D eigenvalue weighted by atomic mass is 16.6. The zero-order chi connectivity index (χ0) is 32.4. The summed E-state index contributed by atoms with van der Waals surface area (Å²) in [6.07, 6.45) is 9.37. The van der Waals surface area contributed by atoms with E-state index in [0.29, 0.717) is 31.0 Å². The highest BCUT2D eigenvalue weighted by molar-refractivity contribution is 5.91. The predicted molar refractivity (Wildman–Crippen MR) is 170 cm³/mol. The SMILES string of the molecule is CCCCCCOc1ccc(C(C#N)=Cc2ccc(OCCCCCCOC(=O)c3cc([N+](=O)[O-])cc([N+](=O)[O-])c3)cc2)cc1. The lowest BCUT2D eigenvalue weighted by molar-refractivity contribution is -0.394. The molecule has 11 nitrogen and oxygen atoms in total. The van der Waals surface area contributed by atoms with Crippen LogP contribution in [-0.2, 0) is 4.74 Å². The lowest BCUT2D eigenvalue weighted by Crippen LogP contribution is -2.08. The topological polar surface area (TPSA) is 155 Å². The molecule has 0 fully saturated rings. The largest absolute Gasteiger partial charge is 0.494 e. The van der Waals surface area contributed by atoms with Crippen molar-refractivity contribution < 1.29 is 28.9 Å². The molecule has 0 aliphatic heterocycles. The smallest absolute Gasteiger partial charge is 0.338 e. The van der Waals surface area contributed by atoms with Crippen molar-refractivity contribution in [2.45, 2.75) is 58.3 Å². The normalized spacial score (nSPS) is 11.0. The Hall–Kier alpha value is -5.24. The van der Waals surface area contributed by atoms with Gasteiger partial charge in [0.1, 0.15) is 11.5 Å². The first-order chi connectivity index (χ1) is 21.8. The van der Waals surface area contributed by atoms with Gasteiger partial charge in [-0.3, -0.25) is 20.2 Å². The minimum atomic E-state index is -0.846. The molecule has 0 spiro atoms. The molecule has 0 saturated carbocycles. The van der Waals surface area contributed by atoms with Crippen LogP contribution in [0.25, 0.3) is 11.6 Å². The van der Waals surface area contributed by atoms with E-state index < -0.39 is 27.2 Å². The lowest BCUT2D eigenvalue weighted by atomic mass is 10.0. The average molecular weight is 616 g/mol. The van der Waals surface area contributed by atoms with E-state index in [1.165, 1.54) is 12.8 Å². The molecule has 45 heavy (non-hydrogen) atoms. The van der Waals surface area contributed by atoms with Gasteiger partial charge in [-0.15, -0.1) is 0 Å². The summed E-state index contributed by atoms with van der Waals surface area (Å²) in [6.45, 7) is 3.46. The van der Waals surface area contributed by atoms with Crippen LogP contribution in [0.4, 0.5) is 11.4 Å². The Balaban J connectivity index is 1.36. The molecule has 0 aliphatic carbocycles. The summed E-state index contributed by atoms with van der Waals surface area (Å²) in [7, 11) is 0. The quantitative estimate of drug-likeness (QED) is 0.0323. The van der Waals surface area contributed by atoms with E-state index in [1.54, 1.807) is 0 Å². The van der Waals surface area contributed by atoms with Gasteiger partial charge in [-0.25, -0.2) is 4.79 Å². The van der Waals surface area contributed by atoms with E-state index in [9.17, 15) is 30.3 Å². The van der Waals surface area contributed by atoms with E-state index in [2.05, 4.69) is 13.0 Å². The maximum atomic E-state index is 12.2. The number of rotatable bonds is 19. The van der Waals surface area contributed by atoms with Crippen LogP contribution in [-0.4, -0.2) is 35.6 Å². The van der Waals surface area contributed by atoms with Crippen molar-refractivity contribution in [1.29, 1.82) is 5.26 Å². The van der Waals surface area contributed by atoms with Crippen LogP contribution < -0.4 is 9.47 Å². The molecule has 3 aromatic carbocycles. The fraction of sp³-hybridized carbons (Fsp3) is 0.353. The molecular formula is C34H37N3O8. The van der Waals surface area contributed by atoms with Gasteiger partial charge in [0.15, 0.2) is 0 Å². The van der Waals surface area contributed by atoms with Crippen molar-refractivity contribution in [2.75, 3.05) is 19.8 Å². The molecule has 236 valence electrons. The molecule has 3 aromatic rings. The third kappa shape index (κ3) is 11.8. The number of nitro benzene ring substituents is 2. The Kier molecular flexibility index (Phi) is 14.0. The molecule has 0 atom stereocenters. The molecule has 0 N–H and O–H groups in total. The average Bonchev–Trinajstić information content (AvgIpc) is 3.05. The van der Waals surface area contributed by atoms with Gasteiger partial charge in [-0.1, -0.05) is 38.3 Å². The Morgan fingerprint density at radius 1 is 0.733 bits per heavy atom. The van der Waals surface area contributed by atoms with Gasteiger partial charge in [0.05, 0.1) is 52.9 Å². The van der Waals surface area contributed by atoms with E-state index in [0.717, 1.165) is 67.2 Å². The highest BCUT2D eigenvalue weighted by Gasteiger charge is 2.20. The van der Waals surface area contributed by atoms with E-state index in [4.69, 9.17) is 14.2 Å². The number of hydrogen-bond acceptors (Lipinski definition) is 9. The predicted octanol–water partition coefficient (Wildman–Crippen LogP) is 8.32. The summed E-state index contributed by atoms with van der Waals surface area (Å²) in [5, 5.41) is 31.7. The van der Waals surface area contributed by atoms with E-state index in [1.807, 2.05) is 54.6 Å². The molecular weight excluding hydrogens is 578 g/mol. The number of hydrogen-bond donors (Lipinski definition) is 0. The first-order valence-electron chi connectivity index (χ1n) is 15.0. The third-order valence-corrected chi connectivity index (χ3v) is 6.84. The fourth-order valence-corrected chi connectivity index (χ4v) is 4.38. The van der Waals surface area contributed by atoms with Gasteiger partial charge in [0.2, 0.25) is 0 Å². The Morgan fingerprint density at radius 3 is 1.76 bits per heavy atom. The molecule has 0 aromatic heterocycles. The van der Waals surface area contributed by atoms with Gasteiger partial charge in [0, 0.05) is 12.1 Å². The maximum absolute atomic E-state index is 12.2. The Bertz CT molecular complexity index is 1460. The third-order valence-electron chi connectivity index (χ3n) is 6.84. The molecule has 0 heterocycles. The molecule has 0 aliphatic rings. The van der Waals surface area contributed by atoms with Gasteiger partial charge >= 0.3 is 5.97 Å². The number of unbranched alkanes of at least 4 members (excludes halogenated alkanes) is 6. The Labute approximate surface area is 262 Å². The standard InChI is InChI=1S/C34H37N3O8/c1-2-3-4-7-18-44-33-16-12-27(13-17-33)29(25-35)21-26-10-14-32(15-11-26)43-19-8-5-6-9-20-45-34(38)28-22-30(36(39)40)24-31(23-28)37(41)42/h10-17,21-24H,2-9,18-20H2,1H3. The first-order valence-corrected chi connectivity index (χ1v) is 15.0. The van der Waals surface area contributed by atoms with Gasteiger partial charge in [0.25, 0.3) is 11.4 Å². The van der Waals surface area contributed by atoms with Crippen molar-refractivity contribution in [3.05, 3.63) is 104 Å². The zero-order valence-electron chi connectivity index (χ0n) is 25.3. The minimum Gasteiger partial charge on any atom is -0.494 e. The van der Waals surface area contributed by atoms with Crippen molar-refractivity contribution in [1.82, 2.24) is 0 Å². The number of nitro groups is 2. The fourth-order valence-electron chi connectivity index (χ4n) is 4.38. The maximum Gasteiger partial charge on any atom is 0.338 e. The summed E-state index contributed by atoms with van der Waals surface area (Å²) in [5.74, 6) is 0.665. The van der Waals surface area contributed by atoms with E-state index in [-0.39, 0.29) is 12.2 Å². The molecule has 0 unspecified atom stereocenters. The summed E-state index contributed by atoms with van der Waals surface area (Å²) < 4.78 is 16.7. The summed E-state index contributed by atoms with van der Waals surface area (Å²) >= 11 is 0. The van der Waals surface area contributed by atoms with Crippen LogP contribution >= 0.6 is 0 Å². The number of esters is 1. The first kappa shape index (κ1) is 34.3. The molecule has 0 bridgehead atoms. The van der Waals surface area contributed by atoms with Crippen molar-refractivity contribution in [3.8, 4) is 17.6 Å². The number of non-ortho nitro benzene ring substituents is 2. The van der Waals surface area contributed by atoms with Gasteiger partial charge in [-0.05, 0) is 85.7 Å². The number of nitrogens with zero attached hydrogens (tertiary/aromatic N) is 3. The summed E-state index contributed by atoms with van der Waals surface area (Å²) in [5.41, 5.74) is 0.921. The van der Waals surface area contributed by atoms with Crippen LogP contribution in [0.5, 0.6) is 11.5 Å². The molecule has 0 saturated heterocycles. The highest BCUT2D eigenvalue weighted by Crippen LogP contribution is 2.24. The molecule has 0 amide bonds. The molecule has 3 rings (SSSR count). The second-order valence-electron chi connectivity index (χ2n) is 10.3. The monoisotopic (exact) mass is 615 g/mol. The van der Waals surface area contributed by atoms with Crippen LogP contribution in [0.3, 0.4) is 0 Å². The number of nitriles is 1. The van der Waals surface area contributed by atoms with Crippen LogP contribution in [0.15, 0.2) is 66.7 Å². The minimum absolute atomic E-state index is 0.0902. The van der Waals surface area contributed by atoms with Crippen molar-refractivity contribution in [3.63, 3.8) is 0 Å². The second kappa shape index (κ2) is 18.4. The van der Waals surface area contributed by atoms with Crippen molar-refractivity contribution in [2.24, 2.45) is 0 Å². The van der Waals surface area contributed by atoms with Crippen LogP contribution in [0, 0.1) is 31.6 Å². The van der Waals surface area contributed by atoms with Crippen LogP contribution in [0.2, 0.25) is 0 Å². The number of carbonyl (C=O) groups excluding carboxylic acids is 1. The van der Waals surface area contributed by atoms with Gasteiger partial charge in [-0.2, -0.15) is 5.26 Å². The molecule has 0 radical (unpaired) electrons. The number of ether oxygens (including phenoxy) is 3. The van der Waals surface area contributed by atoms with Gasteiger partial charge < -0.3 is 14.2 Å². The number of benzene rings is 3. The summed E-state index contributed by atoms with van der Waals surface area (Å²) in [4.78, 5) is 32.6. The van der Waals surface area contributed by atoms with Crippen molar-refractivity contribution >= 4 is 29.0 Å².